The summed E-state index contributed by atoms with van der Waals surface area (Å²) in [5, 5.41) is 10.8. The lowest BCUT2D eigenvalue weighted by molar-refractivity contribution is -0.122. The molecular weight excluding hydrogens is 435 g/mol. The molecule has 7 nitrogen and oxygen atoms in total. The molecule has 0 saturated heterocycles. The number of nitrogens with zero attached hydrogens (tertiary/aromatic N) is 2. The molecule has 3 heterocycles. The van der Waals surface area contributed by atoms with Gasteiger partial charge in [0.2, 0.25) is 5.91 Å². The van der Waals surface area contributed by atoms with Crippen LogP contribution in [0, 0.1) is 0 Å². The highest BCUT2D eigenvalue weighted by Gasteiger charge is 2.25. The van der Waals surface area contributed by atoms with Crippen LogP contribution in [0.25, 0.3) is 0 Å². The number of carbonyl (C=O) groups excluding carboxylic acids is 2. The third-order valence-corrected chi connectivity index (χ3v) is 5.88. The van der Waals surface area contributed by atoms with E-state index in [4.69, 9.17) is 27.6 Å². The molecule has 10 heteroatoms. The molecule has 0 saturated carbocycles. The summed E-state index contributed by atoms with van der Waals surface area (Å²) < 4.78 is 6.73. The number of nitrogens with one attached hydrogen (secondary N) is 2. The lowest BCUT2D eigenvalue weighted by Gasteiger charge is -2.12. The van der Waals surface area contributed by atoms with Crippen LogP contribution in [0.3, 0.4) is 0 Å². The second kappa shape index (κ2) is 8.52. The van der Waals surface area contributed by atoms with E-state index < -0.39 is 0 Å². The Morgan fingerprint density at radius 2 is 2.10 bits per heavy atom. The first-order valence-corrected chi connectivity index (χ1v) is 10.6. The average molecular weight is 451 g/mol. The Kier molecular flexibility index (Phi) is 5.84. The van der Waals surface area contributed by atoms with Gasteiger partial charge in [-0.15, -0.1) is 0 Å². The van der Waals surface area contributed by atoms with Gasteiger partial charge in [0.15, 0.2) is 0 Å². The van der Waals surface area contributed by atoms with Crippen molar-refractivity contribution in [1.29, 1.82) is 0 Å². The van der Waals surface area contributed by atoms with Crippen molar-refractivity contribution in [1.82, 2.24) is 15.1 Å². The standard InChI is InChI=1S/C19H16Cl2N4O3S/c20-11-3-4-13(15(21)6-11)19(27)23-18-14-9-29-10-16(14)24-25(18)8-17(26)22-7-12-2-1-5-28-12/h1-6H,7-10H2,(H,22,26)(H,23,27). The molecular formula is C19H16Cl2N4O3S. The molecule has 1 aliphatic rings. The normalized spacial score (nSPS) is 12.6. The van der Waals surface area contributed by atoms with Gasteiger partial charge in [0.1, 0.15) is 18.1 Å². The van der Waals surface area contributed by atoms with Crippen molar-refractivity contribution in [2.75, 3.05) is 5.32 Å². The van der Waals surface area contributed by atoms with E-state index in [-0.39, 0.29) is 29.9 Å². The first-order chi connectivity index (χ1) is 14.0. The number of amides is 2. The van der Waals surface area contributed by atoms with Gasteiger partial charge in [-0.3, -0.25) is 9.59 Å². The number of furan rings is 1. The minimum absolute atomic E-state index is 0.0255. The fraction of sp³-hybridized carbons (Fsp3) is 0.211. The number of rotatable bonds is 6. The number of anilines is 1. The van der Waals surface area contributed by atoms with E-state index in [0.717, 1.165) is 17.0 Å². The topological polar surface area (TPSA) is 89.2 Å². The van der Waals surface area contributed by atoms with E-state index in [0.29, 0.717) is 27.9 Å². The fourth-order valence-corrected chi connectivity index (χ4v) is 4.49. The van der Waals surface area contributed by atoms with E-state index in [1.165, 1.54) is 10.7 Å². The molecule has 0 fully saturated rings. The van der Waals surface area contributed by atoms with E-state index in [1.54, 1.807) is 42.3 Å². The zero-order valence-corrected chi connectivity index (χ0v) is 17.4. The van der Waals surface area contributed by atoms with Crippen molar-refractivity contribution in [3.05, 3.63) is 69.2 Å². The number of hydrogen-bond donors (Lipinski definition) is 2. The molecule has 0 atom stereocenters. The van der Waals surface area contributed by atoms with Crippen molar-refractivity contribution in [3.8, 4) is 0 Å². The molecule has 3 aromatic rings. The third kappa shape index (κ3) is 4.44. The third-order valence-electron chi connectivity index (χ3n) is 4.36. The molecule has 0 bridgehead atoms. The van der Waals surface area contributed by atoms with Gasteiger partial charge in [0.25, 0.3) is 5.91 Å². The number of benzene rings is 1. The van der Waals surface area contributed by atoms with Crippen LogP contribution >= 0.6 is 35.0 Å². The smallest absolute Gasteiger partial charge is 0.258 e. The summed E-state index contributed by atoms with van der Waals surface area (Å²) in [6, 6.07) is 8.21. The Balaban J connectivity index is 1.51. The first kappa shape index (κ1) is 19.9. The maximum atomic E-state index is 12.8. The zero-order valence-electron chi connectivity index (χ0n) is 15.1. The zero-order chi connectivity index (χ0) is 20.4. The minimum atomic E-state index is -0.386. The van der Waals surface area contributed by atoms with Gasteiger partial charge >= 0.3 is 0 Å². The van der Waals surface area contributed by atoms with Crippen molar-refractivity contribution in [2.45, 2.75) is 24.6 Å². The highest BCUT2D eigenvalue weighted by molar-refractivity contribution is 7.98. The molecule has 1 aliphatic heterocycles. The minimum Gasteiger partial charge on any atom is -0.467 e. The van der Waals surface area contributed by atoms with Gasteiger partial charge in [-0.2, -0.15) is 16.9 Å². The van der Waals surface area contributed by atoms with E-state index in [1.807, 2.05) is 0 Å². The number of thioether (sulfide) groups is 1. The quantitative estimate of drug-likeness (QED) is 0.589. The highest BCUT2D eigenvalue weighted by atomic mass is 35.5. The average Bonchev–Trinajstić information content (AvgIpc) is 3.40. The predicted octanol–water partition coefficient (Wildman–Crippen LogP) is 4.10. The molecule has 2 N–H and O–H groups in total. The SMILES string of the molecule is O=C(Cn1nc2c(c1NC(=O)c1ccc(Cl)cc1Cl)CSC2)NCc1ccco1. The van der Waals surface area contributed by atoms with Crippen molar-refractivity contribution >= 4 is 52.6 Å². The van der Waals surface area contributed by atoms with Crippen LogP contribution in [0.2, 0.25) is 10.0 Å². The summed E-state index contributed by atoms with van der Waals surface area (Å²) in [6.45, 7) is 0.257. The van der Waals surface area contributed by atoms with Crippen LogP contribution in [0.5, 0.6) is 0 Å². The Morgan fingerprint density at radius 1 is 1.24 bits per heavy atom. The molecule has 2 aromatic heterocycles. The van der Waals surface area contributed by atoms with Crippen LogP contribution < -0.4 is 10.6 Å². The summed E-state index contributed by atoms with van der Waals surface area (Å²) in [5.41, 5.74) is 2.09. The predicted molar refractivity (Wildman–Crippen MR) is 112 cm³/mol. The van der Waals surface area contributed by atoms with Crippen LogP contribution in [-0.2, 0) is 29.4 Å². The lowest BCUT2D eigenvalue weighted by atomic mass is 10.2. The number of hydrogen-bond acceptors (Lipinski definition) is 5. The van der Waals surface area contributed by atoms with Gasteiger partial charge in [-0.05, 0) is 30.3 Å². The Morgan fingerprint density at radius 3 is 2.86 bits per heavy atom. The molecule has 2 amide bonds. The van der Waals surface area contributed by atoms with E-state index >= 15 is 0 Å². The molecule has 0 unspecified atom stereocenters. The summed E-state index contributed by atoms with van der Waals surface area (Å²) in [6.07, 6.45) is 1.55. The molecule has 4 rings (SSSR count). The number of aromatic nitrogens is 2. The molecule has 0 spiro atoms. The van der Waals surface area contributed by atoms with E-state index in [9.17, 15) is 9.59 Å². The number of halogens is 2. The van der Waals surface area contributed by atoms with Crippen LogP contribution in [-0.4, -0.2) is 21.6 Å². The van der Waals surface area contributed by atoms with Gasteiger partial charge in [0.05, 0.1) is 29.1 Å². The second-order valence-corrected chi connectivity index (χ2v) is 8.19. The Bertz CT molecular complexity index is 1070. The summed E-state index contributed by atoms with van der Waals surface area (Å²) >= 11 is 13.8. The molecule has 0 radical (unpaired) electrons. The van der Waals surface area contributed by atoms with Gasteiger partial charge in [-0.1, -0.05) is 23.2 Å². The van der Waals surface area contributed by atoms with Gasteiger partial charge in [-0.25, -0.2) is 4.68 Å². The molecule has 29 heavy (non-hydrogen) atoms. The monoisotopic (exact) mass is 450 g/mol. The molecule has 0 aliphatic carbocycles. The Labute approximate surface area is 180 Å². The van der Waals surface area contributed by atoms with Crippen LogP contribution in [0.15, 0.2) is 41.0 Å². The fourth-order valence-electron chi connectivity index (χ4n) is 2.96. The largest absolute Gasteiger partial charge is 0.467 e. The maximum absolute atomic E-state index is 12.8. The summed E-state index contributed by atoms with van der Waals surface area (Å²) in [4.78, 5) is 25.1. The summed E-state index contributed by atoms with van der Waals surface area (Å²) in [7, 11) is 0. The highest BCUT2D eigenvalue weighted by Crippen LogP contribution is 2.35. The maximum Gasteiger partial charge on any atom is 0.258 e. The van der Waals surface area contributed by atoms with Crippen LogP contribution in [0.4, 0.5) is 5.82 Å². The number of carbonyl (C=O) groups is 2. The number of fused-ring (bicyclic) bond motifs is 1. The molecule has 1 aromatic carbocycles. The van der Waals surface area contributed by atoms with Gasteiger partial charge in [0, 0.05) is 22.1 Å². The summed E-state index contributed by atoms with van der Waals surface area (Å²) in [5.74, 6) is 1.99. The van der Waals surface area contributed by atoms with Crippen molar-refractivity contribution < 1.29 is 14.0 Å². The van der Waals surface area contributed by atoms with Gasteiger partial charge < -0.3 is 15.1 Å². The van der Waals surface area contributed by atoms with Crippen LogP contribution in [0.1, 0.15) is 27.4 Å². The lowest BCUT2D eigenvalue weighted by Crippen LogP contribution is -2.28. The molecule has 150 valence electrons. The van der Waals surface area contributed by atoms with Crippen molar-refractivity contribution in [2.24, 2.45) is 0 Å². The first-order valence-electron chi connectivity index (χ1n) is 8.73. The van der Waals surface area contributed by atoms with E-state index in [2.05, 4.69) is 15.7 Å². The van der Waals surface area contributed by atoms with Crippen molar-refractivity contribution in [3.63, 3.8) is 0 Å². The Hall–Kier alpha value is -2.42. The second-order valence-electron chi connectivity index (χ2n) is 6.36.